The molecule has 1 fully saturated rings. The third-order valence-electron chi connectivity index (χ3n) is 2.30. The first kappa shape index (κ1) is 9.00. The second-order valence-corrected chi connectivity index (χ2v) is 5.75. The van der Waals surface area contributed by atoms with E-state index in [9.17, 15) is 8.42 Å². The zero-order chi connectivity index (χ0) is 8.70. The first-order valence-electron chi connectivity index (χ1n) is 3.84. The van der Waals surface area contributed by atoms with Gasteiger partial charge in [-0.05, 0) is 12.3 Å². The van der Waals surface area contributed by atoms with E-state index in [-0.39, 0.29) is 11.3 Å². The topological polar surface area (TPSA) is 60.2 Å². The lowest BCUT2D eigenvalue weighted by Gasteiger charge is -2.07. The molecule has 4 heteroatoms. The van der Waals surface area contributed by atoms with Crippen LogP contribution in [0.2, 0.25) is 0 Å². The van der Waals surface area contributed by atoms with Crippen molar-refractivity contribution in [2.75, 3.05) is 12.0 Å². The van der Waals surface area contributed by atoms with Gasteiger partial charge in [0, 0.05) is 11.8 Å². The van der Waals surface area contributed by atoms with Gasteiger partial charge < -0.3 is 5.73 Å². The SMILES string of the molecule is CCC1CC1(N)CS(C)(=O)=O. The lowest BCUT2D eigenvalue weighted by Crippen LogP contribution is -2.33. The smallest absolute Gasteiger partial charge is 0.149 e. The quantitative estimate of drug-likeness (QED) is 0.668. The van der Waals surface area contributed by atoms with E-state index in [2.05, 4.69) is 0 Å². The van der Waals surface area contributed by atoms with Crippen molar-refractivity contribution in [3.05, 3.63) is 0 Å². The number of hydrogen-bond acceptors (Lipinski definition) is 3. The van der Waals surface area contributed by atoms with Crippen LogP contribution in [0.4, 0.5) is 0 Å². The van der Waals surface area contributed by atoms with Crippen LogP contribution >= 0.6 is 0 Å². The number of sulfone groups is 1. The van der Waals surface area contributed by atoms with Crippen LogP contribution < -0.4 is 5.73 Å². The first-order valence-corrected chi connectivity index (χ1v) is 5.90. The minimum absolute atomic E-state index is 0.151. The fraction of sp³-hybridized carbons (Fsp3) is 1.00. The molecule has 1 rings (SSSR count). The highest BCUT2D eigenvalue weighted by molar-refractivity contribution is 7.90. The Morgan fingerprint density at radius 3 is 2.45 bits per heavy atom. The highest BCUT2D eigenvalue weighted by atomic mass is 32.2. The molecule has 0 radical (unpaired) electrons. The third kappa shape index (κ3) is 2.17. The summed E-state index contributed by atoms with van der Waals surface area (Å²) in [6, 6.07) is 0. The molecule has 0 bridgehead atoms. The predicted octanol–water partition coefficient (Wildman–Crippen LogP) is 0.158. The second-order valence-electron chi connectivity index (χ2n) is 3.61. The Morgan fingerprint density at radius 1 is 1.64 bits per heavy atom. The minimum atomic E-state index is -2.89. The number of nitrogens with two attached hydrogens (primary N) is 1. The Kier molecular flexibility index (Phi) is 2.01. The largest absolute Gasteiger partial charge is 0.324 e. The van der Waals surface area contributed by atoms with Crippen molar-refractivity contribution in [3.8, 4) is 0 Å². The Hall–Kier alpha value is -0.0900. The summed E-state index contributed by atoms with van der Waals surface area (Å²) >= 11 is 0. The standard InChI is InChI=1S/C7H15NO2S/c1-3-6-4-7(6,8)5-11(2,9)10/h6H,3-5,8H2,1-2H3. The summed E-state index contributed by atoms with van der Waals surface area (Å²) in [5.74, 6) is 0.579. The van der Waals surface area contributed by atoms with Crippen LogP contribution in [0.1, 0.15) is 19.8 Å². The van der Waals surface area contributed by atoms with Crippen LogP contribution in [0.5, 0.6) is 0 Å². The zero-order valence-corrected chi connectivity index (χ0v) is 7.82. The molecular weight excluding hydrogens is 162 g/mol. The normalized spacial score (nSPS) is 37.2. The van der Waals surface area contributed by atoms with Crippen molar-refractivity contribution in [1.29, 1.82) is 0 Å². The van der Waals surface area contributed by atoms with E-state index in [1.165, 1.54) is 6.26 Å². The van der Waals surface area contributed by atoms with E-state index < -0.39 is 9.84 Å². The second kappa shape index (κ2) is 2.45. The molecule has 0 heterocycles. The summed E-state index contributed by atoms with van der Waals surface area (Å²) < 4.78 is 21.7. The van der Waals surface area contributed by atoms with Crippen molar-refractivity contribution in [3.63, 3.8) is 0 Å². The summed E-state index contributed by atoms with van der Waals surface area (Å²) in [4.78, 5) is 0. The van der Waals surface area contributed by atoms with Crippen LogP contribution in [-0.4, -0.2) is 26.0 Å². The fourth-order valence-electron chi connectivity index (χ4n) is 1.62. The summed E-state index contributed by atoms with van der Waals surface area (Å²) in [5, 5.41) is 0. The van der Waals surface area contributed by atoms with Crippen LogP contribution in [0.15, 0.2) is 0 Å². The molecule has 1 aliphatic carbocycles. The summed E-state index contributed by atoms with van der Waals surface area (Å²) in [7, 11) is -2.89. The van der Waals surface area contributed by atoms with Gasteiger partial charge in [0.05, 0.1) is 5.75 Å². The van der Waals surface area contributed by atoms with Crippen molar-refractivity contribution in [1.82, 2.24) is 0 Å². The van der Waals surface area contributed by atoms with Gasteiger partial charge in [-0.2, -0.15) is 0 Å². The molecule has 2 N–H and O–H groups in total. The Balaban J connectivity index is 2.53. The zero-order valence-electron chi connectivity index (χ0n) is 7.00. The number of hydrogen-bond donors (Lipinski definition) is 1. The van der Waals surface area contributed by atoms with Crippen molar-refractivity contribution in [2.45, 2.75) is 25.3 Å². The molecule has 0 aromatic carbocycles. The maximum atomic E-state index is 10.9. The Labute approximate surface area is 67.9 Å². The lowest BCUT2D eigenvalue weighted by molar-refractivity contribution is 0.576. The molecule has 0 spiro atoms. The maximum absolute atomic E-state index is 10.9. The fourth-order valence-corrected chi connectivity index (χ4v) is 2.95. The molecule has 11 heavy (non-hydrogen) atoms. The van der Waals surface area contributed by atoms with E-state index in [1.54, 1.807) is 0 Å². The monoisotopic (exact) mass is 177 g/mol. The van der Waals surface area contributed by atoms with Crippen LogP contribution in [0, 0.1) is 5.92 Å². The van der Waals surface area contributed by atoms with Gasteiger partial charge in [-0.25, -0.2) is 8.42 Å². The van der Waals surface area contributed by atoms with E-state index in [0.29, 0.717) is 5.92 Å². The van der Waals surface area contributed by atoms with E-state index >= 15 is 0 Å². The average Bonchev–Trinajstić information content (AvgIpc) is 2.36. The van der Waals surface area contributed by atoms with E-state index in [4.69, 9.17) is 5.73 Å². The molecule has 0 aliphatic heterocycles. The summed E-state index contributed by atoms with van der Waals surface area (Å²) in [5.41, 5.74) is 5.42. The van der Waals surface area contributed by atoms with Crippen LogP contribution in [0.3, 0.4) is 0 Å². The van der Waals surface area contributed by atoms with Gasteiger partial charge >= 0.3 is 0 Å². The molecule has 3 nitrogen and oxygen atoms in total. The van der Waals surface area contributed by atoms with Crippen LogP contribution in [-0.2, 0) is 9.84 Å². The summed E-state index contributed by atoms with van der Waals surface area (Å²) in [6.07, 6.45) is 3.11. The predicted molar refractivity (Wildman–Crippen MR) is 45.0 cm³/mol. The van der Waals surface area contributed by atoms with Crippen molar-refractivity contribution >= 4 is 9.84 Å². The first-order chi connectivity index (χ1) is 4.87. The molecule has 1 aliphatic rings. The van der Waals surface area contributed by atoms with Gasteiger partial charge in [-0.15, -0.1) is 0 Å². The van der Waals surface area contributed by atoms with E-state index in [1.807, 2.05) is 6.92 Å². The molecule has 0 aromatic heterocycles. The lowest BCUT2D eigenvalue weighted by atomic mass is 10.2. The molecule has 0 saturated heterocycles. The number of rotatable bonds is 3. The van der Waals surface area contributed by atoms with Gasteiger partial charge in [-0.1, -0.05) is 13.3 Å². The Bertz CT molecular complexity index is 247. The van der Waals surface area contributed by atoms with Crippen LogP contribution in [0.25, 0.3) is 0 Å². The molecule has 2 unspecified atom stereocenters. The Morgan fingerprint density at radius 2 is 2.18 bits per heavy atom. The molecule has 1 saturated carbocycles. The van der Waals surface area contributed by atoms with E-state index in [0.717, 1.165) is 12.8 Å². The van der Waals surface area contributed by atoms with Gasteiger partial charge in [-0.3, -0.25) is 0 Å². The third-order valence-corrected chi connectivity index (χ3v) is 3.36. The van der Waals surface area contributed by atoms with Crippen molar-refractivity contribution < 1.29 is 8.42 Å². The maximum Gasteiger partial charge on any atom is 0.149 e. The molecule has 2 atom stereocenters. The van der Waals surface area contributed by atoms with Gasteiger partial charge in [0.25, 0.3) is 0 Å². The van der Waals surface area contributed by atoms with Gasteiger partial charge in [0.1, 0.15) is 9.84 Å². The molecule has 0 amide bonds. The summed E-state index contributed by atoms with van der Waals surface area (Å²) in [6.45, 7) is 2.04. The minimum Gasteiger partial charge on any atom is -0.324 e. The molecule has 66 valence electrons. The van der Waals surface area contributed by atoms with Gasteiger partial charge in [0.15, 0.2) is 0 Å². The molecular formula is C7H15NO2S. The van der Waals surface area contributed by atoms with Crippen molar-refractivity contribution in [2.24, 2.45) is 11.7 Å². The highest BCUT2D eigenvalue weighted by Crippen LogP contribution is 2.44. The average molecular weight is 177 g/mol. The highest BCUT2D eigenvalue weighted by Gasteiger charge is 2.51. The van der Waals surface area contributed by atoms with Gasteiger partial charge in [0.2, 0.25) is 0 Å². The molecule has 0 aromatic rings.